The molecule has 124 valence electrons. The fraction of sp³-hybridized carbons (Fsp3) is 0.421. The zero-order chi connectivity index (χ0) is 16.5. The molecule has 4 heteroatoms. The number of likely N-dealkylation sites (N-methyl/N-ethyl adjacent to an activating group) is 1. The van der Waals surface area contributed by atoms with E-state index in [2.05, 4.69) is 36.2 Å². The lowest BCUT2D eigenvalue weighted by atomic mass is 10.1. The van der Waals surface area contributed by atoms with Gasteiger partial charge in [0.05, 0.1) is 12.5 Å². The van der Waals surface area contributed by atoms with Crippen LogP contribution in [-0.4, -0.2) is 30.4 Å². The van der Waals surface area contributed by atoms with E-state index in [4.69, 9.17) is 4.42 Å². The molecular weight excluding hydrogens is 288 g/mol. The van der Waals surface area contributed by atoms with Crippen LogP contribution in [0.5, 0.6) is 0 Å². The number of benzene rings is 1. The van der Waals surface area contributed by atoms with Crippen molar-refractivity contribution in [1.82, 2.24) is 4.90 Å². The van der Waals surface area contributed by atoms with Crippen LogP contribution >= 0.6 is 0 Å². The molecular formula is C19H26N2O2. The third-order valence-corrected chi connectivity index (χ3v) is 4.07. The minimum absolute atomic E-state index is 0.0297. The van der Waals surface area contributed by atoms with Crippen molar-refractivity contribution >= 4 is 11.6 Å². The van der Waals surface area contributed by atoms with Gasteiger partial charge in [-0.2, -0.15) is 0 Å². The van der Waals surface area contributed by atoms with E-state index in [9.17, 15) is 4.79 Å². The first-order valence-corrected chi connectivity index (χ1v) is 8.33. The van der Waals surface area contributed by atoms with Crippen molar-refractivity contribution in [2.45, 2.75) is 33.1 Å². The van der Waals surface area contributed by atoms with Gasteiger partial charge in [-0.3, -0.25) is 4.79 Å². The molecule has 0 saturated carbocycles. The Balaban J connectivity index is 1.76. The molecule has 0 saturated heterocycles. The topological polar surface area (TPSA) is 45.5 Å². The Labute approximate surface area is 138 Å². The summed E-state index contributed by atoms with van der Waals surface area (Å²) in [5.74, 6) is 0.0297. The van der Waals surface area contributed by atoms with Crippen molar-refractivity contribution in [1.29, 1.82) is 0 Å². The molecule has 1 aromatic carbocycles. The summed E-state index contributed by atoms with van der Waals surface area (Å²) in [6.45, 7) is 7.61. The quantitative estimate of drug-likeness (QED) is 0.767. The Morgan fingerprint density at radius 3 is 2.39 bits per heavy atom. The van der Waals surface area contributed by atoms with Crippen LogP contribution in [0.3, 0.4) is 0 Å². The number of hydrogen-bond acceptors (Lipinski definition) is 3. The van der Waals surface area contributed by atoms with Crippen molar-refractivity contribution in [2.75, 3.05) is 25.0 Å². The number of carbonyl (C=O) groups excluding carboxylic acids is 1. The van der Waals surface area contributed by atoms with E-state index in [1.807, 2.05) is 18.2 Å². The van der Waals surface area contributed by atoms with E-state index in [1.54, 1.807) is 12.5 Å². The highest BCUT2D eigenvalue weighted by molar-refractivity contribution is 5.90. The summed E-state index contributed by atoms with van der Waals surface area (Å²) in [5, 5.41) is 2.94. The Kier molecular flexibility index (Phi) is 6.88. The largest absolute Gasteiger partial charge is 0.472 e. The molecule has 4 nitrogen and oxygen atoms in total. The van der Waals surface area contributed by atoms with Gasteiger partial charge in [0.2, 0.25) is 5.91 Å². The molecule has 0 bridgehead atoms. The lowest BCUT2D eigenvalue weighted by Crippen LogP contribution is -2.25. The van der Waals surface area contributed by atoms with E-state index >= 15 is 0 Å². The van der Waals surface area contributed by atoms with Crippen LogP contribution in [-0.2, 0) is 17.6 Å². The van der Waals surface area contributed by atoms with Gasteiger partial charge in [-0.15, -0.1) is 0 Å². The van der Waals surface area contributed by atoms with Crippen molar-refractivity contribution in [3.8, 4) is 0 Å². The smallest absolute Gasteiger partial charge is 0.224 e. The lowest BCUT2D eigenvalue weighted by molar-refractivity contribution is -0.116. The zero-order valence-corrected chi connectivity index (χ0v) is 14.0. The standard InChI is InChI=1S/C19H26N2O2/c1-3-21(4-2)13-11-16-5-8-18(9-6-16)20-19(22)10-7-17-12-14-23-15-17/h5-6,8-9,12,14-15H,3-4,7,10-11,13H2,1-2H3,(H,20,22). The third-order valence-electron chi connectivity index (χ3n) is 4.07. The Morgan fingerprint density at radius 2 is 1.78 bits per heavy atom. The maximum absolute atomic E-state index is 11.9. The summed E-state index contributed by atoms with van der Waals surface area (Å²) < 4.78 is 5.00. The predicted molar refractivity (Wildman–Crippen MR) is 93.6 cm³/mol. The molecule has 0 radical (unpaired) electrons. The van der Waals surface area contributed by atoms with Crippen LogP contribution in [0.1, 0.15) is 31.4 Å². The number of amides is 1. The average Bonchev–Trinajstić information content (AvgIpc) is 3.09. The van der Waals surface area contributed by atoms with Gasteiger partial charge in [0.25, 0.3) is 0 Å². The normalized spacial score (nSPS) is 10.9. The van der Waals surface area contributed by atoms with E-state index in [0.29, 0.717) is 12.8 Å². The van der Waals surface area contributed by atoms with Gasteiger partial charge < -0.3 is 14.6 Å². The van der Waals surface area contributed by atoms with Gasteiger partial charge in [-0.05, 0) is 55.3 Å². The predicted octanol–water partition coefficient (Wildman–Crippen LogP) is 3.74. The summed E-state index contributed by atoms with van der Waals surface area (Å²) >= 11 is 0. The van der Waals surface area contributed by atoms with Gasteiger partial charge in [-0.25, -0.2) is 0 Å². The Bertz CT molecular complexity index is 572. The maximum atomic E-state index is 11.9. The molecule has 0 aliphatic rings. The first-order valence-electron chi connectivity index (χ1n) is 8.33. The van der Waals surface area contributed by atoms with Crippen molar-refractivity contribution in [3.63, 3.8) is 0 Å². The number of nitrogens with one attached hydrogen (secondary N) is 1. The number of carbonyl (C=O) groups is 1. The van der Waals surface area contributed by atoms with E-state index in [0.717, 1.165) is 37.3 Å². The van der Waals surface area contributed by atoms with E-state index in [1.165, 1.54) is 5.56 Å². The van der Waals surface area contributed by atoms with Gasteiger partial charge in [0.15, 0.2) is 0 Å². The van der Waals surface area contributed by atoms with Crippen LogP contribution in [0.4, 0.5) is 5.69 Å². The molecule has 0 unspecified atom stereocenters. The molecule has 0 spiro atoms. The molecule has 2 rings (SSSR count). The van der Waals surface area contributed by atoms with Crippen molar-refractivity contribution < 1.29 is 9.21 Å². The maximum Gasteiger partial charge on any atom is 0.224 e. The van der Waals surface area contributed by atoms with Crippen LogP contribution in [0.2, 0.25) is 0 Å². The van der Waals surface area contributed by atoms with Gasteiger partial charge >= 0.3 is 0 Å². The van der Waals surface area contributed by atoms with Gasteiger partial charge in [-0.1, -0.05) is 26.0 Å². The van der Waals surface area contributed by atoms with Crippen LogP contribution < -0.4 is 5.32 Å². The van der Waals surface area contributed by atoms with Gasteiger partial charge in [0.1, 0.15) is 0 Å². The van der Waals surface area contributed by atoms with Crippen LogP contribution in [0, 0.1) is 0 Å². The van der Waals surface area contributed by atoms with E-state index < -0.39 is 0 Å². The van der Waals surface area contributed by atoms with Crippen molar-refractivity contribution in [2.24, 2.45) is 0 Å². The molecule has 2 aromatic rings. The number of furan rings is 1. The number of nitrogens with zero attached hydrogens (tertiary/aromatic N) is 1. The monoisotopic (exact) mass is 314 g/mol. The molecule has 1 heterocycles. The second-order valence-electron chi connectivity index (χ2n) is 5.65. The zero-order valence-electron chi connectivity index (χ0n) is 14.0. The molecule has 23 heavy (non-hydrogen) atoms. The summed E-state index contributed by atoms with van der Waals surface area (Å²) in [5.41, 5.74) is 3.20. The van der Waals surface area contributed by atoms with Crippen LogP contribution in [0.25, 0.3) is 0 Å². The molecule has 0 aliphatic carbocycles. The second kappa shape index (κ2) is 9.16. The second-order valence-corrected chi connectivity index (χ2v) is 5.65. The fourth-order valence-electron chi connectivity index (χ4n) is 2.50. The summed E-state index contributed by atoms with van der Waals surface area (Å²) in [4.78, 5) is 14.3. The highest BCUT2D eigenvalue weighted by Crippen LogP contribution is 2.12. The summed E-state index contributed by atoms with van der Waals surface area (Å²) in [6.07, 6.45) is 5.51. The minimum atomic E-state index is 0.0297. The highest BCUT2D eigenvalue weighted by Gasteiger charge is 2.05. The third kappa shape index (κ3) is 5.91. The van der Waals surface area contributed by atoms with Crippen molar-refractivity contribution in [3.05, 3.63) is 54.0 Å². The number of rotatable bonds is 9. The first kappa shape index (κ1) is 17.3. The highest BCUT2D eigenvalue weighted by atomic mass is 16.3. The van der Waals surface area contributed by atoms with Gasteiger partial charge in [0, 0.05) is 18.7 Å². The molecule has 1 aromatic heterocycles. The minimum Gasteiger partial charge on any atom is -0.472 e. The fourth-order valence-corrected chi connectivity index (χ4v) is 2.50. The average molecular weight is 314 g/mol. The Hall–Kier alpha value is -2.07. The number of anilines is 1. The first-order chi connectivity index (χ1) is 11.2. The summed E-state index contributed by atoms with van der Waals surface area (Å²) in [6, 6.07) is 10.0. The number of hydrogen-bond donors (Lipinski definition) is 1. The summed E-state index contributed by atoms with van der Waals surface area (Å²) in [7, 11) is 0. The molecule has 0 atom stereocenters. The van der Waals surface area contributed by atoms with E-state index in [-0.39, 0.29) is 5.91 Å². The molecule has 0 aliphatic heterocycles. The van der Waals surface area contributed by atoms with Crippen LogP contribution in [0.15, 0.2) is 47.3 Å². The molecule has 1 amide bonds. The molecule has 0 fully saturated rings. The lowest BCUT2D eigenvalue weighted by Gasteiger charge is -2.17. The Morgan fingerprint density at radius 1 is 1.04 bits per heavy atom. The SMILES string of the molecule is CCN(CC)CCc1ccc(NC(=O)CCc2ccoc2)cc1. The number of aryl methyl sites for hydroxylation is 1. The molecule has 1 N–H and O–H groups in total.